The first-order valence-corrected chi connectivity index (χ1v) is 13.8. The zero-order chi connectivity index (χ0) is 26.6. The van der Waals surface area contributed by atoms with Gasteiger partial charge in [0.05, 0.1) is 6.33 Å². The van der Waals surface area contributed by atoms with Gasteiger partial charge in [-0.3, -0.25) is 4.57 Å². The summed E-state index contributed by atoms with van der Waals surface area (Å²) in [5.74, 6) is 1.73. The Hall–Kier alpha value is -2.87. The molecule has 0 bridgehead atoms. The van der Waals surface area contributed by atoms with Crippen LogP contribution in [-0.4, -0.2) is 89.2 Å². The second-order valence-corrected chi connectivity index (χ2v) is 10.0. The molecular formula is C25H39N9O4. The van der Waals surface area contributed by atoms with E-state index in [1.54, 1.807) is 10.9 Å². The third-order valence-corrected chi connectivity index (χ3v) is 7.46. The molecule has 13 heteroatoms. The number of nitrogens with one attached hydrogen (secondary N) is 2. The average molecular weight is 530 g/mol. The standard InChI is InChI=1S/C25H39N9O4/c1-4-15(5-2)28-21-17-22(31-25(30-21)26-10-13-33-11-8-7-9-12-33)34(14-27-17)24-19(36)18(35)20(37-24)23-29-16(6-3)32-38-23/h14-15,18-20,24,35-36H,4-13H2,1-3H3,(H2,26,28,30,31)/t18-,19+,20-,24+/m0/s1. The molecule has 0 radical (unpaired) electrons. The van der Waals surface area contributed by atoms with E-state index in [1.165, 1.54) is 19.3 Å². The first-order valence-electron chi connectivity index (χ1n) is 13.8. The fourth-order valence-electron chi connectivity index (χ4n) is 5.10. The molecule has 0 saturated carbocycles. The Kier molecular flexibility index (Phi) is 8.36. The smallest absolute Gasteiger partial charge is 0.258 e. The van der Waals surface area contributed by atoms with Gasteiger partial charge in [-0.2, -0.15) is 15.0 Å². The van der Waals surface area contributed by atoms with E-state index in [4.69, 9.17) is 19.2 Å². The van der Waals surface area contributed by atoms with Crippen molar-refractivity contribution in [2.45, 2.75) is 89.9 Å². The quantitative estimate of drug-likeness (QED) is 0.287. The van der Waals surface area contributed by atoms with Crippen molar-refractivity contribution in [2.75, 3.05) is 36.8 Å². The zero-order valence-corrected chi connectivity index (χ0v) is 22.4. The Bertz CT molecular complexity index is 1190. The Morgan fingerprint density at radius 1 is 1.05 bits per heavy atom. The summed E-state index contributed by atoms with van der Waals surface area (Å²) in [6.07, 6.45) is 3.37. The first kappa shape index (κ1) is 26.7. The molecule has 2 aliphatic rings. The van der Waals surface area contributed by atoms with Crippen molar-refractivity contribution in [3.8, 4) is 0 Å². The van der Waals surface area contributed by atoms with Gasteiger partial charge in [0.1, 0.15) is 12.2 Å². The number of nitrogens with zero attached hydrogens (tertiary/aromatic N) is 7. The van der Waals surface area contributed by atoms with E-state index in [-0.39, 0.29) is 11.9 Å². The van der Waals surface area contributed by atoms with Crippen molar-refractivity contribution >= 4 is 22.9 Å². The topological polar surface area (TPSA) is 160 Å². The van der Waals surface area contributed by atoms with Crippen LogP contribution in [0.3, 0.4) is 0 Å². The number of rotatable bonds is 11. The molecule has 3 aromatic heterocycles. The number of hydrogen-bond acceptors (Lipinski definition) is 12. The highest BCUT2D eigenvalue weighted by Gasteiger charge is 2.47. The Labute approximate surface area is 222 Å². The molecule has 0 amide bonds. The highest BCUT2D eigenvalue weighted by atomic mass is 16.6. The number of ether oxygens (including phenoxy) is 1. The fraction of sp³-hybridized carbons (Fsp3) is 0.720. The van der Waals surface area contributed by atoms with E-state index in [0.717, 1.165) is 32.5 Å². The summed E-state index contributed by atoms with van der Waals surface area (Å²) in [5, 5.41) is 32.5. The number of piperidine rings is 1. The van der Waals surface area contributed by atoms with E-state index in [1.807, 2.05) is 6.92 Å². The minimum absolute atomic E-state index is 0.131. The van der Waals surface area contributed by atoms with Gasteiger partial charge in [0.15, 0.2) is 35.1 Å². The van der Waals surface area contributed by atoms with Crippen LogP contribution in [0.2, 0.25) is 0 Å². The van der Waals surface area contributed by atoms with E-state index < -0.39 is 24.5 Å². The van der Waals surface area contributed by atoms with Gasteiger partial charge in [0.25, 0.3) is 5.89 Å². The molecule has 5 rings (SSSR count). The number of hydrogen-bond donors (Lipinski definition) is 4. The van der Waals surface area contributed by atoms with Gasteiger partial charge in [-0.15, -0.1) is 0 Å². The number of aliphatic hydroxyl groups is 2. The van der Waals surface area contributed by atoms with Crippen LogP contribution in [0.15, 0.2) is 10.9 Å². The molecule has 4 N–H and O–H groups in total. The summed E-state index contributed by atoms with van der Waals surface area (Å²) < 4.78 is 13.0. The summed E-state index contributed by atoms with van der Waals surface area (Å²) in [7, 11) is 0. The Balaban J connectivity index is 1.42. The van der Waals surface area contributed by atoms with Crippen LogP contribution >= 0.6 is 0 Å². The van der Waals surface area contributed by atoms with Gasteiger partial charge in [-0.25, -0.2) is 4.98 Å². The van der Waals surface area contributed by atoms with E-state index in [9.17, 15) is 10.2 Å². The lowest BCUT2D eigenvalue weighted by molar-refractivity contribution is -0.0451. The molecule has 0 unspecified atom stereocenters. The SMILES string of the molecule is CCc1noc([C@H]2O[C@@H](n3cnc4c(NC(CC)CC)nc(NCCN5CCCCC5)nc43)[C@H](O)[C@@H]2O)n1. The molecule has 0 spiro atoms. The number of aliphatic hydroxyl groups excluding tert-OH is 2. The van der Waals surface area contributed by atoms with Crippen molar-refractivity contribution in [3.05, 3.63) is 18.0 Å². The van der Waals surface area contributed by atoms with E-state index in [2.05, 4.69) is 44.5 Å². The summed E-state index contributed by atoms with van der Waals surface area (Å²) in [5.41, 5.74) is 1.06. The molecule has 208 valence electrons. The van der Waals surface area contributed by atoms with Crippen molar-refractivity contribution < 1.29 is 19.5 Å². The summed E-state index contributed by atoms with van der Waals surface area (Å²) in [4.78, 5) is 20.8. The Morgan fingerprint density at radius 3 is 2.55 bits per heavy atom. The lowest BCUT2D eigenvalue weighted by Crippen LogP contribution is -2.34. The average Bonchev–Trinajstić information content (AvgIpc) is 3.66. The summed E-state index contributed by atoms with van der Waals surface area (Å²) in [6.45, 7) is 10.0. The molecular weight excluding hydrogens is 490 g/mol. The maximum absolute atomic E-state index is 10.9. The normalized spacial score (nSPS) is 24.5. The monoisotopic (exact) mass is 529 g/mol. The van der Waals surface area contributed by atoms with E-state index in [0.29, 0.717) is 41.7 Å². The largest absolute Gasteiger partial charge is 0.387 e. The number of fused-ring (bicyclic) bond motifs is 1. The molecule has 2 aliphatic heterocycles. The van der Waals surface area contributed by atoms with Crippen LogP contribution in [0, 0.1) is 0 Å². The van der Waals surface area contributed by atoms with Crippen LogP contribution in [0.5, 0.6) is 0 Å². The molecule has 5 heterocycles. The van der Waals surface area contributed by atoms with Crippen LogP contribution in [0.4, 0.5) is 11.8 Å². The van der Waals surface area contributed by atoms with Gasteiger partial charge in [0.2, 0.25) is 5.95 Å². The lowest BCUT2D eigenvalue weighted by Gasteiger charge is -2.26. The fourth-order valence-corrected chi connectivity index (χ4v) is 5.10. The molecule has 0 aliphatic carbocycles. The zero-order valence-electron chi connectivity index (χ0n) is 22.4. The molecule has 13 nitrogen and oxygen atoms in total. The second kappa shape index (κ2) is 11.9. The molecule has 4 atom stereocenters. The number of likely N-dealkylation sites (tertiary alicyclic amines) is 1. The second-order valence-electron chi connectivity index (χ2n) is 10.0. The molecule has 2 fully saturated rings. The van der Waals surface area contributed by atoms with E-state index >= 15 is 0 Å². The van der Waals surface area contributed by atoms with Gasteiger partial charge in [-0.05, 0) is 38.8 Å². The number of aromatic nitrogens is 6. The minimum atomic E-state index is -1.26. The molecule has 2 saturated heterocycles. The summed E-state index contributed by atoms with van der Waals surface area (Å²) in [6, 6.07) is 0.226. The van der Waals surface area contributed by atoms with Gasteiger partial charge in [0, 0.05) is 25.6 Å². The molecule has 3 aromatic rings. The number of aryl methyl sites for hydroxylation is 1. The number of anilines is 2. The Morgan fingerprint density at radius 2 is 1.84 bits per heavy atom. The van der Waals surface area contributed by atoms with Crippen LogP contribution < -0.4 is 10.6 Å². The van der Waals surface area contributed by atoms with Gasteiger partial charge in [-0.1, -0.05) is 32.3 Å². The summed E-state index contributed by atoms with van der Waals surface area (Å²) >= 11 is 0. The van der Waals surface area contributed by atoms with Crippen LogP contribution in [0.25, 0.3) is 11.2 Å². The minimum Gasteiger partial charge on any atom is -0.387 e. The van der Waals surface area contributed by atoms with Gasteiger partial charge < -0.3 is 35.0 Å². The van der Waals surface area contributed by atoms with Gasteiger partial charge >= 0.3 is 0 Å². The maximum atomic E-state index is 10.9. The lowest BCUT2D eigenvalue weighted by atomic mass is 10.1. The predicted octanol–water partition coefficient (Wildman–Crippen LogP) is 2.26. The van der Waals surface area contributed by atoms with Crippen molar-refractivity contribution in [2.24, 2.45) is 0 Å². The maximum Gasteiger partial charge on any atom is 0.258 e. The van der Waals surface area contributed by atoms with Crippen molar-refractivity contribution in [1.82, 2.24) is 34.6 Å². The van der Waals surface area contributed by atoms with Crippen molar-refractivity contribution in [3.63, 3.8) is 0 Å². The third-order valence-electron chi connectivity index (χ3n) is 7.46. The first-order chi connectivity index (χ1) is 18.5. The molecule has 38 heavy (non-hydrogen) atoms. The van der Waals surface area contributed by atoms with Crippen LogP contribution in [-0.2, 0) is 11.2 Å². The molecule has 0 aromatic carbocycles. The number of imidazole rings is 1. The highest BCUT2D eigenvalue weighted by Crippen LogP contribution is 2.39. The third kappa shape index (κ3) is 5.46. The van der Waals surface area contributed by atoms with Crippen molar-refractivity contribution in [1.29, 1.82) is 0 Å². The highest BCUT2D eigenvalue weighted by molar-refractivity contribution is 5.84. The predicted molar refractivity (Wildman–Crippen MR) is 141 cm³/mol. The van der Waals surface area contributed by atoms with Crippen LogP contribution in [0.1, 0.15) is 76.9 Å².